The number of benzene rings is 1. The van der Waals surface area contributed by atoms with Crippen LogP contribution in [-0.4, -0.2) is 30.3 Å². The molecule has 0 fully saturated rings. The van der Waals surface area contributed by atoms with Crippen LogP contribution < -0.4 is 20.5 Å². The SMILES string of the molecule is COc1cc(Nc2ncc(C(=O)O)cc2N)cc(OC)c1. The molecule has 0 unspecified atom stereocenters. The zero-order valence-electron chi connectivity index (χ0n) is 11.6. The predicted molar refractivity (Wildman–Crippen MR) is 78.4 cm³/mol. The number of anilines is 3. The lowest BCUT2D eigenvalue weighted by Gasteiger charge is -2.11. The highest BCUT2D eigenvalue weighted by Gasteiger charge is 2.09. The Kier molecular flexibility index (Phi) is 4.13. The normalized spacial score (nSPS) is 10.0. The second-order valence-electron chi connectivity index (χ2n) is 4.19. The number of aromatic nitrogens is 1. The number of methoxy groups -OCH3 is 2. The van der Waals surface area contributed by atoms with Gasteiger partial charge in [-0.3, -0.25) is 0 Å². The minimum Gasteiger partial charge on any atom is -0.497 e. The molecule has 0 bridgehead atoms. The Hall–Kier alpha value is -2.96. The second kappa shape index (κ2) is 6.00. The predicted octanol–water partition coefficient (Wildman–Crippen LogP) is 2.12. The van der Waals surface area contributed by atoms with Gasteiger partial charge >= 0.3 is 5.97 Å². The van der Waals surface area contributed by atoms with Crippen molar-refractivity contribution in [1.82, 2.24) is 4.98 Å². The zero-order valence-corrected chi connectivity index (χ0v) is 11.6. The number of carboxylic acids is 1. The molecule has 7 heteroatoms. The fraction of sp³-hybridized carbons (Fsp3) is 0.143. The van der Waals surface area contributed by atoms with E-state index < -0.39 is 5.97 Å². The molecule has 110 valence electrons. The van der Waals surface area contributed by atoms with E-state index in [1.165, 1.54) is 12.3 Å². The Morgan fingerprint density at radius 2 is 1.81 bits per heavy atom. The summed E-state index contributed by atoms with van der Waals surface area (Å²) < 4.78 is 10.3. The molecule has 7 nitrogen and oxygen atoms in total. The van der Waals surface area contributed by atoms with E-state index in [0.717, 1.165) is 0 Å². The van der Waals surface area contributed by atoms with Crippen LogP contribution in [-0.2, 0) is 0 Å². The average Bonchev–Trinajstić information content (AvgIpc) is 2.48. The van der Waals surface area contributed by atoms with Gasteiger partial charge in [-0.15, -0.1) is 0 Å². The van der Waals surface area contributed by atoms with Gasteiger partial charge in [0.2, 0.25) is 0 Å². The summed E-state index contributed by atoms with van der Waals surface area (Å²) in [4.78, 5) is 14.8. The molecule has 0 aliphatic rings. The molecule has 0 atom stereocenters. The lowest BCUT2D eigenvalue weighted by molar-refractivity contribution is 0.0696. The van der Waals surface area contributed by atoms with Crippen molar-refractivity contribution in [3.63, 3.8) is 0 Å². The molecular weight excluding hydrogens is 274 g/mol. The minimum atomic E-state index is -1.08. The summed E-state index contributed by atoms with van der Waals surface area (Å²) in [6, 6.07) is 6.56. The van der Waals surface area contributed by atoms with Gasteiger partial charge in [-0.1, -0.05) is 0 Å². The van der Waals surface area contributed by atoms with Crippen LogP contribution in [0, 0.1) is 0 Å². The van der Waals surface area contributed by atoms with Gasteiger partial charge in [0.05, 0.1) is 25.5 Å². The Morgan fingerprint density at radius 3 is 2.29 bits per heavy atom. The smallest absolute Gasteiger partial charge is 0.337 e. The van der Waals surface area contributed by atoms with E-state index >= 15 is 0 Å². The molecule has 0 spiro atoms. The van der Waals surface area contributed by atoms with E-state index in [0.29, 0.717) is 23.0 Å². The first-order chi connectivity index (χ1) is 10.0. The Labute approximate surface area is 121 Å². The molecule has 21 heavy (non-hydrogen) atoms. The molecule has 1 heterocycles. The van der Waals surface area contributed by atoms with E-state index in [1.807, 2.05) is 0 Å². The van der Waals surface area contributed by atoms with Gasteiger partial charge < -0.3 is 25.6 Å². The Morgan fingerprint density at radius 1 is 1.19 bits per heavy atom. The largest absolute Gasteiger partial charge is 0.497 e. The fourth-order valence-electron chi connectivity index (χ4n) is 1.72. The van der Waals surface area contributed by atoms with Crippen molar-refractivity contribution in [2.24, 2.45) is 0 Å². The second-order valence-corrected chi connectivity index (χ2v) is 4.19. The lowest BCUT2D eigenvalue weighted by atomic mass is 10.2. The van der Waals surface area contributed by atoms with E-state index in [1.54, 1.807) is 32.4 Å². The maximum Gasteiger partial charge on any atom is 0.337 e. The van der Waals surface area contributed by atoms with Crippen LogP contribution in [0.5, 0.6) is 11.5 Å². The Balaban J connectivity index is 2.31. The maximum atomic E-state index is 10.8. The van der Waals surface area contributed by atoms with Crippen molar-refractivity contribution in [2.75, 3.05) is 25.3 Å². The monoisotopic (exact) mass is 289 g/mol. The van der Waals surface area contributed by atoms with Crippen molar-refractivity contribution in [3.05, 3.63) is 36.0 Å². The number of aromatic carboxylic acids is 1. The highest BCUT2D eigenvalue weighted by atomic mass is 16.5. The molecule has 2 rings (SSSR count). The van der Waals surface area contributed by atoms with Crippen molar-refractivity contribution in [3.8, 4) is 11.5 Å². The highest BCUT2D eigenvalue weighted by molar-refractivity contribution is 5.89. The van der Waals surface area contributed by atoms with Crippen LogP contribution in [0.4, 0.5) is 17.2 Å². The summed E-state index contributed by atoms with van der Waals surface area (Å²) in [5.74, 6) is 0.495. The standard InChI is InChI=1S/C14H15N3O4/c1-20-10-4-9(5-11(6-10)21-2)17-13-12(15)3-8(7-16-13)14(18)19/h3-7H,15H2,1-2H3,(H,16,17)(H,18,19). The minimum absolute atomic E-state index is 0.0290. The van der Waals surface area contributed by atoms with E-state index in [9.17, 15) is 4.79 Å². The van der Waals surface area contributed by atoms with Gasteiger partial charge in [0.25, 0.3) is 0 Å². The first-order valence-electron chi connectivity index (χ1n) is 6.02. The number of pyridine rings is 1. The molecule has 1 aromatic heterocycles. The van der Waals surface area contributed by atoms with Gasteiger partial charge in [-0.25, -0.2) is 9.78 Å². The van der Waals surface area contributed by atoms with Crippen molar-refractivity contribution in [1.29, 1.82) is 0 Å². The molecule has 1 aromatic carbocycles. The number of nitrogens with one attached hydrogen (secondary N) is 1. The van der Waals surface area contributed by atoms with Gasteiger partial charge in [0.15, 0.2) is 5.82 Å². The van der Waals surface area contributed by atoms with Gasteiger partial charge in [0.1, 0.15) is 11.5 Å². The summed E-state index contributed by atoms with van der Waals surface area (Å²) in [7, 11) is 3.10. The summed E-state index contributed by atoms with van der Waals surface area (Å²) in [6.07, 6.45) is 1.23. The van der Waals surface area contributed by atoms with Crippen LogP contribution in [0.1, 0.15) is 10.4 Å². The van der Waals surface area contributed by atoms with Crippen LogP contribution in [0.25, 0.3) is 0 Å². The summed E-state index contributed by atoms with van der Waals surface area (Å²) in [5.41, 5.74) is 6.72. The molecule has 0 saturated heterocycles. The molecular formula is C14H15N3O4. The van der Waals surface area contributed by atoms with Gasteiger partial charge in [0, 0.05) is 30.1 Å². The Bertz CT molecular complexity index is 651. The van der Waals surface area contributed by atoms with Crippen LogP contribution in [0.15, 0.2) is 30.5 Å². The van der Waals surface area contributed by atoms with Crippen molar-refractivity contribution >= 4 is 23.2 Å². The lowest BCUT2D eigenvalue weighted by Crippen LogP contribution is -2.04. The zero-order chi connectivity index (χ0) is 15.4. The summed E-state index contributed by atoms with van der Waals surface area (Å²) in [5, 5.41) is 11.9. The first-order valence-corrected chi connectivity index (χ1v) is 6.02. The number of carboxylic acid groups (broad SMARTS) is 1. The number of nitrogens with two attached hydrogens (primary N) is 1. The van der Waals surface area contributed by atoms with Crippen LogP contribution in [0.3, 0.4) is 0 Å². The maximum absolute atomic E-state index is 10.8. The fourth-order valence-corrected chi connectivity index (χ4v) is 1.72. The van der Waals surface area contributed by atoms with E-state index in [4.69, 9.17) is 20.3 Å². The van der Waals surface area contributed by atoms with Gasteiger partial charge in [-0.2, -0.15) is 0 Å². The first kappa shape index (κ1) is 14.4. The number of rotatable bonds is 5. The van der Waals surface area contributed by atoms with E-state index in [-0.39, 0.29) is 11.3 Å². The van der Waals surface area contributed by atoms with E-state index in [2.05, 4.69) is 10.3 Å². The number of carbonyl (C=O) groups is 1. The molecule has 0 radical (unpaired) electrons. The number of ether oxygens (including phenoxy) is 2. The van der Waals surface area contributed by atoms with Crippen LogP contribution >= 0.6 is 0 Å². The topological polar surface area (TPSA) is 107 Å². The molecule has 4 N–H and O–H groups in total. The number of hydrogen-bond acceptors (Lipinski definition) is 6. The van der Waals surface area contributed by atoms with Crippen LogP contribution in [0.2, 0.25) is 0 Å². The number of nitrogens with zero attached hydrogens (tertiary/aromatic N) is 1. The molecule has 0 aliphatic carbocycles. The van der Waals surface area contributed by atoms with Gasteiger partial charge in [-0.05, 0) is 6.07 Å². The molecule has 0 amide bonds. The van der Waals surface area contributed by atoms with Crippen molar-refractivity contribution < 1.29 is 19.4 Å². The average molecular weight is 289 g/mol. The summed E-state index contributed by atoms with van der Waals surface area (Å²) in [6.45, 7) is 0. The number of nitrogen functional groups attached to an aromatic ring is 1. The highest BCUT2D eigenvalue weighted by Crippen LogP contribution is 2.29. The molecule has 0 saturated carbocycles. The third kappa shape index (κ3) is 3.33. The molecule has 0 aliphatic heterocycles. The third-order valence-electron chi connectivity index (χ3n) is 2.78. The summed E-state index contributed by atoms with van der Waals surface area (Å²) >= 11 is 0. The molecule has 2 aromatic rings. The third-order valence-corrected chi connectivity index (χ3v) is 2.78. The quantitative estimate of drug-likeness (QED) is 0.773. The number of hydrogen-bond donors (Lipinski definition) is 3. The van der Waals surface area contributed by atoms with Crippen molar-refractivity contribution in [2.45, 2.75) is 0 Å².